The van der Waals surface area contributed by atoms with Crippen LogP contribution in [0.1, 0.15) is 21.5 Å². The number of rotatable bonds is 7. The van der Waals surface area contributed by atoms with Crippen molar-refractivity contribution in [3.8, 4) is 11.5 Å². The summed E-state index contributed by atoms with van der Waals surface area (Å²) >= 11 is 6.71. The van der Waals surface area contributed by atoms with Crippen molar-refractivity contribution < 1.29 is 23.9 Å². The molecule has 0 aromatic heterocycles. The van der Waals surface area contributed by atoms with Crippen LogP contribution in [0.5, 0.6) is 11.5 Å². The number of benzene rings is 3. The van der Waals surface area contributed by atoms with Crippen LogP contribution in [0.2, 0.25) is 5.02 Å². The Hall–Kier alpha value is -3.55. The van der Waals surface area contributed by atoms with Crippen molar-refractivity contribution >= 4 is 46.6 Å². The van der Waals surface area contributed by atoms with E-state index in [1.807, 2.05) is 31.2 Å². The third-order valence-corrected chi connectivity index (χ3v) is 6.08. The average Bonchev–Trinajstić information content (AvgIpc) is 3.08. The van der Waals surface area contributed by atoms with E-state index in [-0.39, 0.29) is 24.3 Å². The second kappa shape index (κ2) is 10.6. The Morgan fingerprint density at radius 2 is 1.74 bits per heavy atom. The van der Waals surface area contributed by atoms with Gasteiger partial charge >= 0.3 is 5.97 Å². The maximum Gasteiger partial charge on any atom is 0.343 e. The molecule has 1 heterocycles. The lowest BCUT2D eigenvalue weighted by atomic mass is 10.2. The van der Waals surface area contributed by atoms with Crippen molar-refractivity contribution in [3.05, 3.63) is 99.4 Å². The molecule has 0 saturated carbocycles. The maximum absolute atomic E-state index is 12.7. The van der Waals surface area contributed by atoms with E-state index in [0.29, 0.717) is 32.6 Å². The molecule has 1 aliphatic heterocycles. The van der Waals surface area contributed by atoms with Crippen LogP contribution in [-0.4, -0.2) is 35.2 Å². The number of imide groups is 1. The quantitative estimate of drug-likeness (QED) is 0.229. The van der Waals surface area contributed by atoms with Gasteiger partial charge in [-0.1, -0.05) is 41.4 Å². The summed E-state index contributed by atoms with van der Waals surface area (Å²) in [6.07, 6.45) is 1.60. The number of aryl methyl sites for hydroxylation is 1. The Balaban J connectivity index is 1.39. The molecule has 1 fully saturated rings. The highest BCUT2D eigenvalue weighted by molar-refractivity contribution is 8.18. The molecule has 172 valence electrons. The molecule has 3 aromatic carbocycles. The van der Waals surface area contributed by atoms with Crippen molar-refractivity contribution in [2.75, 3.05) is 13.2 Å². The molecule has 8 heteroatoms. The Kier molecular flexibility index (Phi) is 7.35. The molecule has 0 unspecified atom stereocenters. The van der Waals surface area contributed by atoms with Crippen LogP contribution >= 0.6 is 23.4 Å². The minimum Gasteiger partial charge on any atom is -0.492 e. The number of ether oxygens (including phenoxy) is 2. The van der Waals surface area contributed by atoms with E-state index >= 15 is 0 Å². The molecule has 0 N–H and O–H groups in total. The number of esters is 1. The van der Waals surface area contributed by atoms with E-state index in [2.05, 4.69) is 0 Å². The Labute approximate surface area is 206 Å². The van der Waals surface area contributed by atoms with Gasteiger partial charge in [0.2, 0.25) is 0 Å². The van der Waals surface area contributed by atoms with Gasteiger partial charge in [-0.25, -0.2) is 4.79 Å². The van der Waals surface area contributed by atoms with Gasteiger partial charge < -0.3 is 9.47 Å². The largest absolute Gasteiger partial charge is 0.492 e. The van der Waals surface area contributed by atoms with Gasteiger partial charge in [-0.3, -0.25) is 14.5 Å². The van der Waals surface area contributed by atoms with E-state index < -0.39 is 5.97 Å². The molecule has 3 aromatic rings. The van der Waals surface area contributed by atoms with E-state index in [1.54, 1.807) is 54.6 Å². The van der Waals surface area contributed by atoms with Crippen LogP contribution < -0.4 is 9.47 Å². The van der Waals surface area contributed by atoms with E-state index in [0.717, 1.165) is 22.2 Å². The second-order valence-electron chi connectivity index (χ2n) is 7.46. The summed E-state index contributed by atoms with van der Waals surface area (Å²) < 4.78 is 11.1. The van der Waals surface area contributed by atoms with Gasteiger partial charge in [-0.15, -0.1) is 0 Å². The lowest BCUT2D eigenvalue weighted by molar-refractivity contribution is -0.123. The molecule has 4 rings (SSSR count). The van der Waals surface area contributed by atoms with Crippen LogP contribution in [-0.2, 0) is 4.79 Å². The van der Waals surface area contributed by atoms with Crippen molar-refractivity contribution in [2.45, 2.75) is 6.92 Å². The van der Waals surface area contributed by atoms with Crippen molar-refractivity contribution in [2.24, 2.45) is 0 Å². The standard InChI is InChI=1S/C26H20ClNO5S/c1-17-5-11-21(12-6-17)32-14-13-28-24(29)23(34-26(28)31)16-18-3-2-4-22(15-18)33-25(30)19-7-9-20(27)10-8-19/h2-12,15-16H,13-14H2,1H3/b23-16-. The Bertz CT molecular complexity index is 1250. The molecule has 0 spiro atoms. The predicted molar refractivity (Wildman–Crippen MR) is 132 cm³/mol. The number of halogens is 1. The first-order valence-electron chi connectivity index (χ1n) is 10.4. The minimum absolute atomic E-state index is 0.147. The van der Waals surface area contributed by atoms with E-state index in [9.17, 15) is 14.4 Å². The molecule has 0 bridgehead atoms. The van der Waals surface area contributed by atoms with Gasteiger partial charge in [0, 0.05) is 5.02 Å². The highest BCUT2D eigenvalue weighted by Gasteiger charge is 2.34. The number of carbonyl (C=O) groups is 3. The van der Waals surface area contributed by atoms with Crippen molar-refractivity contribution in [1.82, 2.24) is 4.90 Å². The molecule has 6 nitrogen and oxygen atoms in total. The summed E-state index contributed by atoms with van der Waals surface area (Å²) in [7, 11) is 0. The smallest absolute Gasteiger partial charge is 0.343 e. The van der Waals surface area contributed by atoms with E-state index in [1.165, 1.54) is 0 Å². The first kappa shape index (κ1) is 23.6. The first-order chi connectivity index (χ1) is 16.4. The SMILES string of the molecule is Cc1ccc(OCCN2C(=O)S/C(=C\c3cccc(OC(=O)c4ccc(Cl)cc4)c3)C2=O)cc1. The number of hydrogen-bond donors (Lipinski definition) is 0. The zero-order chi connectivity index (χ0) is 24.1. The fraction of sp³-hybridized carbons (Fsp3) is 0.115. The molecule has 2 amide bonds. The summed E-state index contributed by atoms with van der Waals surface area (Å²) in [5, 5.41) is 0.170. The average molecular weight is 494 g/mol. The van der Waals surface area contributed by atoms with Crippen molar-refractivity contribution in [3.63, 3.8) is 0 Å². The third kappa shape index (κ3) is 5.87. The molecule has 34 heavy (non-hydrogen) atoms. The summed E-state index contributed by atoms with van der Waals surface area (Å²) in [4.78, 5) is 38.9. The van der Waals surface area contributed by atoms with Crippen LogP contribution in [0, 0.1) is 6.92 Å². The summed E-state index contributed by atoms with van der Waals surface area (Å²) in [6, 6.07) is 20.6. The maximum atomic E-state index is 12.7. The van der Waals surface area contributed by atoms with Gasteiger partial charge in [0.15, 0.2) is 0 Å². The third-order valence-electron chi connectivity index (χ3n) is 4.92. The lowest BCUT2D eigenvalue weighted by Gasteiger charge is -2.13. The first-order valence-corrected chi connectivity index (χ1v) is 11.6. The van der Waals surface area contributed by atoms with Gasteiger partial charge in [0.05, 0.1) is 17.0 Å². The van der Waals surface area contributed by atoms with Crippen LogP contribution in [0.15, 0.2) is 77.7 Å². The highest BCUT2D eigenvalue weighted by atomic mass is 35.5. The number of hydrogen-bond acceptors (Lipinski definition) is 6. The summed E-state index contributed by atoms with van der Waals surface area (Å²) in [5.41, 5.74) is 2.11. The topological polar surface area (TPSA) is 72.9 Å². The lowest BCUT2D eigenvalue weighted by Crippen LogP contribution is -2.32. The van der Waals surface area contributed by atoms with Gasteiger partial charge in [-0.2, -0.15) is 0 Å². The molecule has 0 atom stereocenters. The monoisotopic (exact) mass is 493 g/mol. The zero-order valence-electron chi connectivity index (χ0n) is 18.2. The molecule has 0 radical (unpaired) electrons. The number of thioether (sulfide) groups is 1. The molecule has 1 saturated heterocycles. The predicted octanol–water partition coefficient (Wildman–Crippen LogP) is 5.98. The summed E-state index contributed by atoms with van der Waals surface area (Å²) in [5.74, 6) is 0.0892. The van der Waals surface area contributed by atoms with Crippen LogP contribution in [0.25, 0.3) is 6.08 Å². The minimum atomic E-state index is -0.525. The Morgan fingerprint density at radius 1 is 1.00 bits per heavy atom. The number of nitrogens with zero attached hydrogens (tertiary/aromatic N) is 1. The second-order valence-corrected chi connectivity index (χ2v) is 8.89. The van der Waals surface area contributed by atoms with Gasteiger partial charge in [-0.05, 0) is 78.9 Å². The molecule has 1 aliphatic rings. The zero-order valence-corrected chi connectivity index (χ0v) is 19.8. The van der Waals surface area contributed by atoms with Crippen LogP contribution in [0.3, 0.4) is 0 Å². The fourth-order valence-corrected chi connectivity index (χ4v) is 4.14. The van der Waals surface area contributed by atoms with E-state index in [4.69, 9.17) is 21.1 Å². The van der Waals surface area contributed by atoms with Gasteiger partial charge in [0.25, 0.3) is 11.1 Å². The molecular formula is C26H20ClNO5S. The van der Waals surface area contributed by atoms with Crippen molar-refractivity contribution in [1.29, 1.82) is 0 Å². The molecular weight excluding hydrogens is 474 g/mol. The Morgan fingerprint density at radius 3 is 2.47 bits per heavy atom. The van der Waals surface area contributed by atoms with Gasteiger partial charge in [0.1, 0.15) is 18.1 Å². The van der Waals surface area contributed by atoms with Crippen LogP contribution in [0.4, 0.5) is 4.79 Å². The fourth-order valence-electron chi connectivity index (χ4n) is 3.15. The normalized spacial score (nSPS) is 14.5. The number of amides is 2. The molecule has 0 aliphatic carbocycles. The number of carbonyl (C=O) groups excluding carboxylic acids is 3. The highest BCUT2D eigenvalue weighted by Crippen LogP contribution is 2.32. The summed E-state index contributed by atoms with van der Waals surface area (Å²) in [6.45, 7) is 2.33.